The topological polar surface area (TPSA) is 53.2 Å². The molecular formula is C13H15NO2. The molecular weight excluding hydrogens is 202 g/mol. The monoisotopic (exact) mass is 217 g/mol. The molecule has 0 heterocycles. The van der Waals surface area contributed by atoms with Crippen molar-refractivity contribution < 1.29 is 9.84 Å². The fraction of sp³-hybridized carbons (Fsp3) is 0.308. The first-order valence-corrected chi connectivity index (χ1v) is 5.13. The van der Waals surface area contributed by atoms with E-state index >= 15 is 0 Å². The molecule has 0 aliphatic rings. The zero-order valence-electron chi connectivity index (χ0n) is 9.53. The predicted molar refractivity (Wildman–Crippen MR) is 63.1 cm³/mol. The Balaban J connectivity index is 3.09. The number of rotatable bonds is 4. The van der Waals surface area contributed by atoms with Crippen molar-refractivity contribution in [3.05, 3.63) is 34.9 Å². The fourth-order valence-corrected chi connectivity index (χ4v) is 1.40. The van der Waals surface area contributed by atoms with Gasteiger partial charge in [-0.25, -0.2) is 0 Å². The molecule has 1 rings (SSSR count). The number of hydrogen-bond acceptors (Lipinski definition) is 3. The van der Waals surface area contributed by atoms with E-state index < -0.39 is 0 Å². The van der Waals surface area contributed by atoms with Gasteiger partial charge in [0.15, 0.2) is 0 Å². The number of benzene rings is 1. The zero-order valence-corrected chi connectivity index (χ0v) is 9.53. The SMILES string of the molecule is CCC(=Cc1ccc(OC)c(C#N)c1)CO. The molecule has 0 aliphatic carbocycles. The Labute approximate surface area is 95.6 Å². The minimum absolute atomic E-state index is 0.0460. The van der Waals surface area contributed by atoms with Crippen LogP contribution in [-0.4, -0.2) is 18.8 Å². The normalized spacial score (nSPS) is 11.0. The van der Waals surface area contributed by atoms with Crippen molar-refractivity contribution in [1.29, 1.82) is 5.26 Å². The summed E-state index contributed by atoms with van der Waals surface area (Å²) in [5.41, 5.74) is 2.35. The molecule has 3 heteroatoms. The third-order valence-corrected chi connectivity index (χ3v) is 2.37. The molecule has 84 valence electrons. The summed E-state index contributed by atoms with van der Waals surface area (Å²) in [6.45, 7) is 2.03. The average Bonchev–Trinajstić information content (AvgIpc) is 2.35. The van der Waals surface area contributed by atoms with Crippen molar-refractivity contribution in [1.82, 2.24) is 0 Å². The van der Waals surface area contributed by atoms with Crippen molar-refractivity contribution in [2.75, 3.05) is 13.7 Å². The van der Waals surface area contributed by atoms with Crippen LogP contribution in [0.4, 0.5) is 0 Å². The van der Waals surface area contributed by atoms with Gasteiger partial charge in [-0.1, -0.05) is 19.1 Å². The molecule has 0 bridgehead atoms. The molecule has 16 heavy (non-hydrogen) atoms. The maximum atomic E-state index is 9.06. The molecule has 0 saturated carbocycles. The molecule has 0 spiro atoms. The summed E-state index contributed by atoms with van der Waals surface area (Å²) in [5.74, 6) is 0.571. The third-order valence-electron chi connectivity index (χ3n) is 2.37. The van der Waals surface area contributed by atoms with Gasteiger partial charge < -0.3 is 9.84 Å². The van der Waals surface area contributed by atoms with Crippen LogP contribution in [0.1, 0.15) is 24.5 Å². The number of aliphatic hydroxyl groups excluding tert-OH is 1. The minimum Gasteiger partial charge on any atom is -0.495 e. The molecule has 0 unspecified atom stereocenters. The van der Waals surface area contributed by atoms with Gasteiger partial charge in [-0.2, -0.15) is 5.26 Å². The van der Waals surface area contributed by atoms with E-state index in [-0.39, 0.29) is 6.61 Å². The Morgan fingerprint density at radius 3 is 2.81 bits per heavy atom. The number of ether oxygens (including phenoxy) is 1. The average molecular weight is 217 g/mol. The lowest BCUT2D eigenvalue weighted by Crippen LogP contribution is -1.91. The van der Waals surface area contributed by atoms with E-state index in [4.69, 9.17) is 15.1 Å². The Bertz CT molecular complexity index is 424. The molecule has 1 aromatic rings. The summed E-state index contributed by atoms with van der Waals surface area (Å²) in [7, 11) is 1.54. The van der Waals surface area contributed by atoms with Gasteiger partial charge in [0, 0.05) is 0 Å². The summed E-state index contributed by atoms with van der Waals surface area (Å²) in [6.07, 6.45) is 2.69. The number of nitriles is 1. The summed E-state index contributed by atoms with van der Waals surface area (Å²) in [5, 5.41) is 18.0. The van der Waals surface area contributed by atoms with Gasteiger partial charge in [0.1, 0.15) is 11.8 Å². The number of hydrogen-bond donors (Lipinski definition) is 1. The Kier molecular flexibility index (Phi) is 4.56. The van der Waals surface area contributed by atoms with Crippen LogP contribution in [-0.2, 0) is 0 Å². The highest BCUT2D eigenvalue weighted by atomic mass is 16.5. The van der Waals surface area contributed by atoms with Crippen LogP contribution in [0.5, 0.6) is 5.75 Å². The molecule has 0 aromatic heterocycles. The van der Waals surface area contributed by atoms with E-state index in [1.54, 1.807) is 12.1 Å². The smallest absolute Gasteiger partial charge is 0.136 e. The molecule has 3 nitrogen and oxygen atoms in total. The molecule has 0 radical (unpaired) electrons. The zero-order chi connectivity index (χ0) is 12.0. The summed E-state index contributed by atoms with van der Waals surface area (Å²) >= 11 is 0. The van der Waals surface area contributed by atoms with E-state index in [1.165, 1.54) is 7.11 Å². The van der Waals surface area contributed by atoms with Gasteiger partial charge in [0.25, 0.3) is 0 Å². The number of nitrogens with zero attached hydrogens (tertiary/aromatic N) is 1. The fourth-order valence-electron chi connectivity index (χ4n) is 1.40. The van der Waals surface area contributed by atoms with E-state index in [9.17, 15) is 0 Å². The van der Waals surface area contributed by atoms with E-state index in [0.717, 1.165) is 17.6 Å². The molecule has 0 fully saturated rings. The maximum absolute atomic E-state index is 9.06. The van der Waals surface area contributed by atoms with Gasteiger partial charge in [-0.15, -0.1) is 0 Å². The third kappa shape index (κ3) is 2.85. The van der Waals surface area contributed by atoms with Crippen molar-refractivity contribution >= 4 is 6.08 Å². The predicted octanol–water partition coefficient (Wildman–Crippen LogP) is 2.35. The van der Waals surface area contributed by atoms with Crippen LogP contribution in [0.2, 0.25) is 0 Å². The standard InChI is InChI=1S/C13H15NO2/c1-3-10(9-15)6-11-4-5-13(16-2)12(7-11)8-14/h4-7,15H,3,9H2,1-2H3. The highest BCUT2D eigenvalue weighted by molar-refractivity contribution is 5.58. The van der Waals surface area contributed by atoms with E-state index in [0.29, 0.717) is 11.3 Å². The van der Waals surface area contributed by atoms with Crippen molar-refractivity contribution in [3.63, 3.8) is 0 Å². The molecule has 0 amide bonds. The van der Waals surface area contributed by atoms with Gasteiger partial charge in [0.05, 0.1) is 19.3 Å². The second-order valence-electron chi connectivity index (χ2n) is 3.39. The van der Waals surface area contributed by atoms with Crippen LogP contribution < -0.4 is 4.74 Å². The van der Waals surface area contributed by atoms with Gasteiger partial charge in [0.2, 0.25) is 0 Å². The Morgan fingerprint density at radius 1 is 1.56 bits per heavy atom. The first-order valence-electron chi connectivity index (χ1n) is 5.13. The molecule has 1 aromatic carbocycles. The number of aliphatic hydroxyl groups is 1. The summed E-state index contributed by atoms with van der Waals surface area (Å²) in [6, 6.07) is 7.46. The van der Waals surface area contributed by atoms with Crippen LogP contribution in [0.25, 0.3) is 6.08 Å². The molecule has 0 aliphatic heterocycles. The van der Waals surface area contributed by atoms with Crippen LogP contribution in [0.3, 0.4) is 0 Å². The quantitative estimate of drug-likeness (QED) is 0.842. The van der Waals surface area contributed by atoms with Crippen LogP contribution in [0, 0.1) is 11.3 Å². The highest BCUT2D eigenvalue weighted by Gasteiger charge is 2.02. The lowest BCUT2D eigenvalue weighted by molar-refractivity contribution is 0.329. The Morgan fingerprint density at radius 2 is 2.31 bits per heavy atom. The second kappa shape index (κ2) is 5.94. The van der Waals surface area contributed by atoms with Crippen LogP contribution >= 0.6 is 0 Å². The minimum atomic E-state index is 0.0460. The van der Waals surface area contributed by atoms with Crippen molar-refractivity contribution in [2.24, 2.45) is 0 Å². The molecule has 0 saturated heterocycles. The lowest BCUT2D eigenvalue weighted by Gasteiger charge is -2.04. The maximum Gasteiger partial charge on any atom is 0.136 e. The van der Waals surface area contributed by atoms with Gasteiger partial charge in [-0.05, 0) is 29.7 Å². The number of methoxy groups -OCH3 is 1. The second-order valence-corrected chi connectivity index (χ2v) is 3.39. The Hall–Kier alpha value is -1.79. The first-order chi connectivity index (χ1) is 7.74. The van der Waals surface area contributed by atoms with Crippen molar-refractivity contribution in [3.8, 4) is 11.8 Å². The van der Waals surface area contributed by atoms with Gasteiger partial charge >= 0.3 is 0 Å². The molecule has 0 atom stereocenters. The summed E-state index contributed by atoms with van der Waals surface area (Å²) in [4.78, 5) is 0. The molecule has 1 N–H and O–H groups in total. The first kappa shape index (κ1) is 12.3. The summed E-state index contributed by atoms with van der Waals surface area (Å²) < 4.78 is 5.06. The lowest BCUT2D eigenvalue weighted by atomic mass is 10.1. The largest absolute Gasteiger partial charge is 0.495 e. The highest BCUT2D eigenvalue weighted by Crippen LogP contribution is 2.20. The van der Waals surface area contributed by atoms with Crippen molar-refractivity contribution in [2.45, 2.75) is 13.3 Å². The van der Waals surface area contributed by atoms with Crippen LogP contribution in [0.15, 0.2) is 23.8 Å². The van der Waals surface area contributed by atoms with E-state index in [2.05, 4.69) is 6.07 Å². The van der Waals surface area contributed by atoms with E-state index in [1.807, 2.05) is 19.1 Å². The van der Waals surface area contributed by atoms with Gasteiger partial charge in [-0.3, -0.25) is 0 Å².